The fraction of sp³-hybridized carbons (Fsp3) is 0.280. The van der Waals surface area contributed by atoms with Crippen LogP contribution in [-0.2, 0) is 26.7 Å². The molecular formula is C25H28O6S2. The van der Waals surface area contributed by atoms with Crippen LogP contribution in [0.1, 0.15) is 42.9 Å². The van der Waals surface area contributed by atoms with Crippen molar-refractivity contribution in [3.05, 3.63) is 71.3 Å². The summed E-state index contributed by atoms with van der Waals surface area (Å²) in [6, 6.07) is 14.7. The van der Waals surface area contributed by atoms with Gasteiger partial charge in [-0.05, 0) is 61.6 Å². The highest BCUT2D eigenvalue weighted by molar-refractivity contribution is 7.86. The molecule has 0 aromatic heterocycles. The number of aryl methyl sites for hydroxylation is 3. The molecule has 176 valence electrons. The van der Waals surface area contributed by atoms with Crippen molar-refractivity contribution in [2.75, 3.05) is 0 Å². The number of unbranched alkanes of at least 4 members (excludes halogenated alkanes) is 2. The Morgan fingerprint density at radius 3 is 1.52 bits per heavy atom. The summed E-state index contributed by atoms with van der Waals surface area (Å²) < 4.78 is 67.8. The number of hydrogen-bond acceptors (Lipinski definition) is 4. The Balaban J connectivity index is 2.33. The van der Waals surface area contributed by atoms with Gasteiger partial charge in [0.2, 0.25) is 0 Å². The third kappa shape index (κ3) is 6.09. The summed E-state index contributed by atoms with van der Waals surface area (Å²) in [7, 11) is -8.97. The molecule has 2 N–H and O–H groups in total. The molecule has 33 heavy (non-hydrogen) atoms. The molecule has 0 spiro atoms. The zero-order chi connectivity index (χ0) is 24.4. The van der Waals surface area contributed by atoms with Crippen molar-refractivity contribution in [2.24, 2.45) is 0 Å². The van der Waals surface area contributed by atoms with Crippen LogP contribution < -0.4 is 0 Å². The van der Waals surface area contributed by atoms with E-state index in [9.17, 15) is 25.9 Å². The first-order valence-corrected chi connectivity index (χ1v) is 13.6. The second kappa shape index (κ2) is 9.77. The average molecular weight is 489 g/mol. The van der Waals surface area contributed by atoms with E-state index in [1.165, 1.54) is 12.1 Å². The largest absolute Gasteiger partial charge is 0.295 e. The Labute approximate surface area is 195 Å². The molecule has 0 heterocycles. The van der Waals surface area contributed by atoms with Gasteiger partial charge in [-0.3, -0.25) is 9.11 Å². The maximum Gasteiger partial charge on any atom is 0.295 e. The van der Waals surface area contributed by atoms with E-state index in [2.05, 4.69) is 6.92 Å². The van der Waals surface area contributed by atoms with Gasteiger partial charge in [-0.15, -0.1) is 0 Å². The van der Waals surface area contributed by atoms with Crippen LogP contribution in [0.3, 0.4) is 0 Å². The lowest BCUT2D eigenvalue weighted by Gasteiger charge is -2.15. The minimum absolute atomic E-state index is 0.219. The normalized spacial score (nSPS) is 12.2. The zero-order valence-corrected chi connectivity index (χ0v) is 20.5. The molecule has 0 atom stereocenters. The van der Waals surface area contributed by atoms with Crippen molar-refractivity contribution in [3.63, 3.8) is 0 Å². The van der Waals surface area contributed by atoms with Gasteiger partial charge in [-0.25, -0.2) is 0 Å². The highest BCUT2D eigenvalue weighted by Crippen LogP contribution is 2.36. The van der Waals surface area contributed by atoms with Crippen molar-refractivity contribution >= 4 is 20.2 Å². The van der Waals surface area contributed by atoms with Gasteiger partial charge in [0, 0.05) is 11.1 Å². The fourth-order valence-electron chi connectivity index (χ4n) is 3.92. The van der Waals surface area contributed by atoms with E-state index in [1.54, 1.807) is 30.3 Å². The highest BCUT2D eigenvalue weighted by atomic mass is 32.2. The van der Waals surface area contributed by atoms with Gasteiger partial charge in [0.15, 0.2) is 0 Å². The predicted molar refractivity (Wildman–Crippen MR) is 130 cm³/mol. The second-order valence-electron chi connectivity index (χ2n) is 8.33. The molecule has 0 unspecified atom stereocenters. The van der Waals surface area contributed by atoms with E-state index in [1.807, 2.05) is 26.0 Å². The van der Waals surface area contributed by atoms with Gasteiger partial charge in [-0.2, -0.15) is 16.8 Å². The summed E-state index contributed by atoms with van der Waals surface area (Å²) in [4.78, 5) is -0.437. The van der Waals surface area contributed by atoms with Gasteiger partial charge < -0.3 is 0 Å². The molecule has 0 fully saturated rings. The molecule has 3 aromatic carbocycles. The van der Waals surface area contributed by atoms with Gasteiger partial charge in [0.1, 0.15) is 9.79 Å². The molecule has 0 aliphatic heterocycles. The average Bonchev–Trinajstić information content (AvgIpc) is 2.72. The van der Waals surface area contributed by atoms with Crippen LogP contribution in [-0.4, -0.2) is 25.9 Å². The molecule has 6 nitrogen and oxygen atoms in total. The van der Waals surface area contributed by atoms with Crippen molar-refractivity contribution < 1.29 is 25.9 Å². The molecule has 0 aliphatic rings. The molecular weight excluding hydrogens is 460 g/mol. The molecule has 0 saturated heterocycles. The van der Waals surface area contributed by atoms with E-state index in [0.717, 1.165) is 36.0 Å². The van der Waals surface area contributed by atoms with Crippen LogP contribution in [0, 0.1) is 13.8 Å². The van der Waals surface area contributed by atoms with Gasteiger partial charge in [-0.1, -0.05) is 67.3 Å². The highest BCUT2D eigenvalue weighted by Gasteiger charge is 2.21. The van der Waals surface area contributed by atoms with Crippen molar-refractivity contribution in [2.45, 2.75) is 56.2 Å². The minimum Gasteiger partial charge on any atom is -0.282 e. The Hall–Kier alpha value is -2.52. The first kappa shape index (κ1) is 25.1. The zero-order valence-electron chi connectivity index (χ0n) is 18.9. The van der Waals surface area contributed by atoms with Gasteiger partial charge in [0.05, 0.1) is 0 Å². The number of hydrogen-bond donors (Lipinski definition) is 2. The lowest BCUT2D eigenvalue weighted by molar-refractivity contribution is 0.481. The van der Waals surface area contributed by atoms with Crippen LogP contribution in [0.5, 0.6) is 0 Å². The topological polar surface area (TPSA) is 109 Å². The van der Waals surface area contributed by atoms with Crippen LogP contribution in [0.15, 0.2) is 64.4 Å². The van der Waals surface area contributed by atoms with Crippen LogP contribution in [0.4, 0.5) is 0 Å². The minimum atomic E-state index is -4.48. The lowest BCUT2D eigenvalue weighted by Crippen LogP contribution is -2.03. The van der Waals surface area contributed by atoms with Gasteiger partial charge >= 0.3 is 0 Å². The standard InChI is InChI=1S/C25H28O6S2/c1-4-5-6-7-19-14-20(22-12-17(2)8-10-24(22)32(26,27)28)16-21(15-19)23-13-18(3)9-11-25(23)33(29,30)31/h8-16H,4-7H2,1-3H3,(H,26,27,28)(H,29,30,31). The smallest absolute Gasteiger partial charge is 0.282 e. The Morgan fingerprint density at radius 2 is 1.12 bits per heavy atom. The summed E-state index contributed by atoms with van der Waals surface area (Å²) in [5, 5.41) is 0. The van der Waals surface area contributed by atoms with E-state index in [-0.39, 0.29) is 9.79 Å². The van der Waals surface area contributed by atoms with Crippen LogP contribution >= 0.6 is 0 Å². The molecule has 0 bridgehead atoms. The third-order valence-corrected chi connectivity index (χ3v) is 7.33. The van der Waals surface area contributed by atoms with Crippen molar-refractivity contribution in [3.8, 4) is 22.3 Å². The first-order chi connectivity index (χ1) is 15.4. The van der Waals surface area contributed by atoms with Crippen LogP contribution in [0.25, 0.3) is 22.3 Å². The summed E-state index contributed by atoms with van der Waals surface area (Å²) in [6.07, 6.45) is 3.68. The molecule has 0 aliphatic carbocycles. The summed E-state index contributed by atoms with van der Waals surface area (Å²) in [6.45, 7) is 5.73. The van der Waals surface area contributed by atoms with Gasteiger partial charge in [0.25, 0.3) is 20.2 Å². The maximum absolute atomic E-state index is 12.1. The summed E-state index contributed by atoms with van der Waals surface area (Å²) in [5.74, 6) is 0. The molecule has 0 radical (unpaired) electrons. The van der Waals surface area contributed by atoms with Crippen LogP contribution in [0.2, 0.25) is 0 Å². The SMILES string of the molecule is CCCCCc1cc(-c2cc(C)ccc2S(=O)(=O)O)cc(-c2cc(C)ccc2S(=O)(=O)O)c1. The fourth-order valence-corrected chi connectivity index (χ4v) is 5.30. The Morgan fingerprint density at radius 1 is 0.667 bits per heavy atom. The van der Waals surface area contributed by atoms with E-state index < -0.39 is 20.2 Å². The second-order valence-corrected chi connectivity index (χ2v) is 11.1. The molecule has 3 rings (SSSR count). The predicted octanol–water partition coefficient (Wildman–Crippen LogP) is 5.86. The lowest BCUT2D eigenvalue weighted by atomic mass is 9.93. The summed E-state index contributed by atoms with van der Waals surface area (Å²) in [5.41, 5.74) is 4.26. The summed E-state index contributed by atoms with van der Waals surface area (Å²) >= 11 is 0. The van der Waals surface area contributed by atoms with Crippen molar-refractivity contribution in [1.29, 1.82) is 0 Å². The molecule has 0 saturated carbocycles. The van der Waals surface area contributed by atoms with E-state index in [0.29, 0.717) is 28.7 Å². The molecule has 3 aromatic rings. The maximum atomic E-state index is 12.1. The monoisotopic (exact) mass is 488 g/mol. The number of benzene rings is 3. The molecule has 8 heteroatoms. The van der Waals surface area contributed by atoms with E-state index in [4.69, 9.17) is 0 Å². The third-order valence-electron chi connectivity index (χ3n) is 5.51. The van der Waals surface area contributed by atoms with E-state index >= 15 is 0 Å². The first-order valence-electron chi connectivity index (χ1n) is 10.7. The Bertz CT molecular complexity index is 1290. The molecule has 0 amide bonds. The number of rotatable bonds is 8. The quantitative estimate of drug-likeness (QED) is 0.303. The Kier molecular flexibility index (Phi) is 7.43. The van der Waals surface area contributed by atoms with Crippen molar-refractivity contribution in [1.82, 2.24) is 0 Å².